The van der Waals surface area contributed by atoms with Gasteiger partial charge in [-0.25, -0.2) is 8.42 Å². The molecule has 0 aliphatic carbocycles. The van der Waals surface area contributed by atoms with Crippen LogP contribution >= 0.6 is 0 Å². The molecule has 0 atom stereocenters. The third kappa shape index (κ3) is 5.23. The minimum atomic E-state index is -3.42. The number of hydrogen-bond donors (Lipinski definition) is 0. The van der Waals surface area contributed by atoms with Gasteiger partial charge in [-0.1, -0.05) is 56.0 Å². The van der Waals surface area contributed by atoms with Gasteiger partial charge in [0.05, 0.1) is 11.4 Å². The first-order valence-electron chi connectivity index (χ1n) is 7.05. The van der Waals surface area contributed by atoms with Gasteiger partial charge in [-0.05, 0) is 31.1 Å². The molecule has 0 fully saturated rings. The zero-order chi connectivity index (χ0) is 15.7. The molecule has 0 unspecified atom stereocenters. The highest BCUT2D eigenvalue weighted by molar-refractivity contribution is 7.93. The van der Waals surface area contributed by atoms with Crippen LogP contribution in [0.2, 0.25) is 0 Å². The molecule has 0 aromatic heterocycles. The van der Waals surface area contributed by atoms with Gasteiger partial charge in [0.15, 0.2) is 0 Å². The van der Waals surface area contributed by atoms with E-state index in [9.17, 15) is 8.42 Å². The molecule has 4 heteroatoms. The Labute approximate surface area is 128 Å². The van der Waals surface area contributed by atoms with E-state index in [4.69, 9.17) is 0 Å². The molecular weight excluding hydrogens is 282 g/mol. The number of sulfonamides is 1. The number of benzene rings is 1. The average molecular weight is 305 g/mol. The Balaban J connectivity index is 3.11. The number of rotatable bonds is 8. The Bertz CT molecular complexity index is 601. The van der Waals surface area contributed by atoms with Gasteiger partial charge in [0.25, 0.3) is 0 Å². The average Bonchev–Trinajstić information content (AvgIpc) is 2.45. The van der Waals surface area contributed by atoms with Crippen LogP contribution in [-0.4, -0.2) is 20.7 Å². The van der Waals surface area contributed by atoms with E-state index in [0.29, 0.717) is 12.2 Å². The Hall–Kier alpha value is -1.81. The summed E-state index contributed by atoms with van der Waals surface area (Å²) in [6.07, 6.45) is 7.73. The summed E-state index contributed by atoms with van der Waals surface area (Å²) in [7, 11) is -3.42. The first-order valence-corrected chi connectivity index (χ1v) is 8.65. The number of nitrogens with zero attached hydrogens (tertiary/aromatic N) is 1. The fraction of sp³-hybridized carbons (Fsp3) is 0.294. The number of allylic oxidation sites excluding steroid dienone is 4. The van der Waals surface area contributed by atoms with Crippen molar-refractivity contribution in [1.82, 2.24) is 0 Å². The molecule has 1 aromatic rings. The summed E-state index contributed by atoms with van der Waals surface area (Å²) < 4.78 is 26.9. The normalized spacial score (nSPS) is 12.6. The minimum absolute atomic E-state index is 0.0295. The van der Waals surface area contributed by atoms with Gasteiger partial charge in [-0.3, -0.25) is 4.31 Å². The summed E-state index contributed by atoms with van der Waals surface area (Å²) in [6.45, 7) is 7.94. The van der Waals surface area contributed by atoms with Crippen LogP contribution in [0.5, 0.6) is 0 Å². The molecule has 1 aromatic carbocycles. The third-order valence-electron chi connectivity index (χ3n) is 2.87. The highest BCUT2D eigenvalue weighted by Crippen LogP contribution is 2.20. The SMILES string of the molecule is C=C/C=C(\C=C/C)CS(=O)(=O)N(CCC)c1ccccc1. The lowest BCUT2D eigenvalue weighted by atomic mass is 10.2. The Kier molecular flexibility index (Phi) is 6.96. The molecule has 0 bridgehead atoms. The quantitative estimate of drug-likeness (QED) is 0.683. The molecular formula is C17H23NO2S. The molecule has 21 heavy (non-hydrogen) atoms. The summed E-state index contributed by atoms with van der Waals surface area (Å²) >= 11 is 0. The molecule has 0 saturated heterocycles. The zero-order valence-electron chi connectivity index (χ0n) is 12.7. The van der Waals surface area contributed by atoms with Crippen LogP contribution in [0.3, 0.4) is 0 Å². The van der Waals surface area contributed by atoms with E-state index < -0.39 is 10.0 Å². The van der Waals surface area contributed by atoms with Crippen molar-refractivity contribution >= 4 is 15.7 Å². The summed E-state index contributed by atoms with van der Waals surface area (Å²) in [5.74, 6) is -0.0295. The van der Waals surface area contributed by atoms with Crippen molar-refractivity contribution in [2.24, 2.45) is 0 Å². The van der Waals surface area contributed by atoms with E-state index in [2.05, 4.69) is 6.58 Å². The largest absolute Gasteiger partial charge is 0.270 e. The predicted octanol–water partition coefficient (Wildman–Crippen LogP) is 3.92. The van der Waals surface area contributed by atoms with Crippen molar-refractivity contribution in [3.63, 3.8) is 0 Å². The van der Waals surface area contributed by atoms with Crippen LogP contribution in [0.4, 0.5) is 5.69 Å². The number of anilines is 1. The first kappa shape index (κ1) is 17.2. The van der Waals surface area contributed by atoms with Crippen molar-refractivity contribution in [3.05, 3.63) is 66.8 Å². The van der Waals surface area contributed by atoms with E-state index >= 15 is 0 Å². The summed E-state index contributed by atoms with van der Waals surface area (Å²) in [6, 6.07) is 9.21. The predicted molar refractivity (Wildman–Crippen MR) is 91.0 cm³/mol. The Morgan fingerprint density at radius 1 is 1.29 bits per heavy atom. The molecule has 0 saturated carbocycles. The molecule has 1 rings (SSSR count). The van der Waals surface area contributed by atoms with Gasteiger partial charge in [0, 0.05) is 6.54 Å². The van der Waals surface area contributed by atoms with Gasteiger partial charge in [-0.15, -0.1) is 0 Å². The Morgan fingerprint density at radius 3 is 2.48 bits per heavy atom. The van der Waals surface area contributed by atoms with Gasteiger partial charge < -0.3 is 0 Å². The standard InChI is InChI=1S/C17H23NO2S/c1-4-10-16(11-5-2)15-21(19,20)18(14-6-3)17-12-8-7-9-13-17/h4-5,7-13H,1,6,14-15H2,2-3H3/b11-5-,16-10+. The number of hydrogen-bond acceptors (Lipinski definition) is 2. The monoisotopic (exact) mass is 305 g/mol. The van der Waals surface area contributed by atoms with Crippen molar-refractivity contribution in [1.29, 1.82) is 0 Å². The topological polar surface area (TPSA) is 37.4 Å². The van der Waals surface area contributed by atoms with Crippen LogP contribution < -0.4 is 4.31 Å². The summed E-state index contributed by atoms with van der Waals surface area (Å²) in [5, 5.41) is 0. The molecule has 0 amide bonds. The fourth-order valence-electron chi connectivity index (χ4n) is 2.03. The molecule has 0 aliphatic rings. The highest BCUT2D eigenvalue weighted by atomic mass is 32.2. The second kappa shape index (κ2) is 8.47. The highest BCUT2D eigenvalue weighted by Gasteiger charge is 2.22. The molecule has 0 heterocycles. The van der Waals surface area contributed by atoms with Gasteiger partial charge in [0.1, 0.15) is 0 Å². The van der Waals surface area contributed by atoms with Crippen LogP contribution in [-0.2, 0) is 10.0 Å². The third-order valence-corrected chi connectivity index (χ3v) is 4.63. The van der Waals surface area contributed by atoms with Crippen molar-refractivity contribution < 1.29 is 8.42 Å². The summed E-state index contributed by atoms with van der Waals surface area (Å²) in [4.78, 5) is 0. The van der Waals surface area contributed by atoms with Crippen molar-refractivity contribution in [3.8, 4) is 0 Å². The summed E-state index contributed by atoms with van der Waals surface area (Å²) in [5.41, 5.74) is 1.43. The second-order valence-electron chi connectivity index (χ2n) is 4.64. The Morgan fingerprint density at radius 2 is 1.95 bits per heavy atom. The molecule has 0 N–H and O–H groups in total. The second-order valence-corrected chi connectivity index (χ2v) is 6.53. The van der Waals surface area contributed by atoms with Gasteiger partial charge in [-0.2, -0.15) is 0 Å². The molecule has 3 nitrogen and oxygen atoms in total. The maximum Gasteiger partial charge on any atom is 0.239 e. The first-order chi connectivity index (χ1) is 10.0. The van der Waals surface area contributed by atoms with Gasteiger partial charge >= 0.3 is 0 Å². The number of para-hydroxylation sites is 1. The van der Waals surface area contributed by atoms with Crippen molar-refractivity contribution in [2.45, 2.75) is 20.3 Å². The molecule has 114 valence electrons. The van der Waals surface area contributed by atoms with Gasteiger partial charge in [0.2, 0.25) is 10.0 Å². The molecule has 0 radical (unpaired) electrons. The minimum Gasteiger partial charge on any atom is -0.270 e. The van der Waals surface area contributed by atoms with Crippen LogP contribution in [0, 0.1) is 0 Å². The van der Waals surface area contributed by atoms with E-state index in [1.54, 1.807) is 18.2 Å². The van der Waals surface area contributed by atoms with Crippen molar-refractivity contribution in [2.75, 3.05) is 16.6 Å². The van der Waals surface area contributed by atoms with E-state index in [0.717, 1.165) is 12.0 Å². The van der Waals surface area contributed by atoms with Crippen LogP contribution in [0.15, 0.2) is 66.8 Å². The molecule has 0 aliphatic heterocycles. The van der Waals surface area contributed by atoms with E-state index in [1.165, 1.54) is 4.31 Å². The van der Waals surface area contributed by atoms with Crippen LogP contribution in [0.25, 0.3) is 0 Å². The van der Waals surface area contributed by atoms with E-state index in [-0.39, 0.29) is 5.75 Å². The maximum atomic E-state index is 12.7. The lowest BCUT2D eigenvalue weighted by Crippen LogP contribution is -2.34. The van der Waals surface area contributed by atoms with E-state index in [1.807, 2.05) is 50.3 Å². The molecule has 0 spiro atoms. The maximum absolute atomic E-state index is 12.7. The van der Waals surface area contributed by atoms with Crippen LogP contribution in [0.1, 0.15) is 20.3 Å². The zero-order valence-corrected chi connectivity index (χ0v) is 13.5. The fourth-order valence-corrected chi connectivity index (χ4v) is 3.71. The lowest BCUT2D eigenvalue weighted by Gasteiger charge is -2.24. The smallest absolute Gasteiger partial charge is 0.239 e. The lowest BCUT2D eigenvalue weighted by molar-refractivity contribution is 0.592.